The normalized spacial score (nSPS) is 10.7. The van der Waals surface area contributed by atoms with Crippen molar-refractivity contribution in [3.63, 3.8) is 0 Å². The predicted molar refractivity (Wildman–Crippen MR) is 84.5 cm³/mol. The summed E-state index contributed by atoms with van der Waals surface area (Å²) in [4.78, 5) is 0. The fourth-order valence-electron chi connectivity index (χ4n) is 2.03. The first-order valence-electron chi connectivity index (χ1n) is 5.93. The molecular weight excluding hydrogens is 370 g/mol. The molecule has 3 rings (SSSR count). The van der Waals surface area contributed by atoms with Crippen molar-refractivity contribution < 1.29 is 8.91 Å². The standard InChI is InChI=1S/C15H10FIN2O/c16-12-4-2-1-3-11(12)13-14(19-20-15(13)18)9-5-7-10(17)8-6-9/h1-8H,18H2. The summed E-state index contributed by atoms with van der Waals surface area (Å²) < 4.78 is 20.1. The molecule has 0 unspecified atom stereocenters. The highest BCUT2D eigenvalue weighted by molar-refractivity contribution is 14.1. The number of rotatable bonds is 2. The fraction of sp³-hybridized carbons (Fsp3) is 0. The molecule has 0 bridgehead atoms. The number of nitrogens with two attached hydrogens (primary N) is 1. The molecule has 2 aromatic carbocycles. The van der Waals surface area contributed by atoms with Crippen LogP contribution in [0.3, 0.4) is 0 Å². The number of hydrogen-bond acceptors (Lipinski definition) is 3. The van der Waals surface area contributed by atoms with E-state index in [9.17, 15) is 4.39 Å². The Morgan fingerprint density at radius 1 is 1.05 bits per heavy atom. The Labute approximate surface area is 128 Å². The lowest BCUT2D eigenvalue weighted by Gasteiger charge is -2.04. The molecule has 0 aliphatic rings. The van der Waals surface area contributed by atoms with Crippen LogP contribution in [-0.2, 0) is 0 Å². The highest BCUT2D eigenvalue weighted by Crippen LogP contribution is 2.37. The lowest BCUT2D eigenvalue weighted by Crippen LogP contribution is -1.90. The van der Waals surface area contributed by atoms with Gasteiger partial charge in [-0.05, 0) is 40.8 Å². The Bertz CT molecular complexity index is 753. The van der Waals surface area contributed by atoms with Gasteiger partial charge in [0.25, 0.3) is 0 Å². The minimum Gasteiger partial charge on any atom is -0.367 e. The van der Waals surface area contributed by atoms with Crippen LogP contribution >= 0.6 is 22.6 Å². The van der Waals surface area contributed by atoms with Gasteiger partial charge in [-0.15, -0.1) is 0 Å². The Kier molecular flexibility index (Phi) is 3.43. The maximum Gasteiger partial charge on any atom is 0.230 e. The number of hydrogen-bond donors (Lipinski definition) is 1. The third-order valence-electron chi connectivity index (χ3n) is 2.98. The van der Waals surface area contributed by atoms with Crippen molar-refractivity contribution in [1.29, 1.82) is 0 Å². The molecule has 0 fully saturated rings. The van der Waals surface area contributed by atoms with Gasteiger partial charge in [0.1, 0.15) is 11.5 Å². The third-order valence-corrected chi connectivity index (χ3v) is 3.70. The summed E-state index contributed by atoms with van der Waals surface area (Å²) in [6.45, 7) is 0. The highest BCUT2D eigenvalue weighted by atomic mass is 127. The quantitative estimate of drug-likeness (QED) is 0.674. The average Bonchev–Trinajstić information content (AvgIpc) is 2.82. The van der Waals surface area contributed by atoms with Gasteiger partial charge in [-0.25, -0.2) is 4.39 Å². The highest BCUT2D eigenvalue weighted by Gasteiger charge is 2.19. The van der Waals surface area contributed by atoms with Crippen LogP contribution in [0.1, 0.15) is 0 Å². The number of benzene rings is 2. The van der Waals surface area contributed by atoms with Gasteiger partial charge in [-0.3, -0.25) is 0 Å². The van der Waals surface area contributed by atoms with Gasteiger partial charge in [-0.2, -0.15) is 0 Å². The Balaban J connectivity index is 2.20. The minimum atomic E-state index is -0.353. The Hall–Kier alpha value is -1.89. The van der Waals surface area contributed by atoms with Crippen LogP contribution in [0.5, 0.6) is 0 Å². The topological polar surface area (TPSA) is 52.0 Å². The summed E-state index contributed by atoms with van der Waals surface area (Å²) in [5.41, 5.74) is 8.07. The number of anilines is 1. The van der Waals surface area contributed by atoms with Gasteiger partial charge < -0.3 is 10.3 Å². The van der Waals surface area contributed by atoms with Gasteiger partial charge in [0.05, 0.1) is 5.56 Å². The number of halogens is 2. The average molecular weight is 380 g/mol. The SMILES string of the molecule is Nc1onc(-c2ccc(I)cc2)c1-c1ccccc1F. The second kappa shape index (κ2) is 5.24. The summed E-state index contributed by atoms with van der Waals surface area (Å²) in [5.74, 6) is -0.238. The summed E-state index contributed by atoms with van der Waals surface area (Å²) in [7, 11) is 0. The van der Waals surface area contributed by atoms with E-state index < -0.39 is 0 Å². The summed E-state index contributed by atoms with van der Waals surface area (Å²) in [6, 6.07) is 14.1. The third kappa shape index (κ3) is 2.29. The van der Waals surface area contributed by atoms with E-state index in [-0.39, 0.29) is 11.7 Å². The zero-order valence-corrected chi connectivity index (χ0v) is 12.5. The second-order valence-corrected chi connectivity index (χ2v) is 5.50. The molecule has 0 aliphatic heterocycles. The smallest absolute Gasteiger partial charge is 0.230 e. The Morgan fingerprint density at radius 3 is 2.45 bits per heavy atom. The lowest BCUT2D eigenvalue weighted by atomic mass is 10.0. The molecule has 1 heterocycles. The maximum absolute atomic E-state index is 14.0. The van der Waals surface area contributed by atoms with E-state index in [0.29, 0.717) is 16.8 Å². The molecular formula is C15H10FIN2O. The molecule has 0 saturated heterocycles. The number of aromatic nitrogens is 1. The molecule has 0 spiro atoms. The van der Waals surface area contributed by atoms with Crippen LogP contribution in [0.2, 0.25) is 0 Å². The number of nitrogens with zero attached hydrogens (tertiary/aromatic N) is 1. The summed E-state index contributed by atoms with van der Waals surface area (Å²) in [6.07, 6.45) is 0. The van der Waals surface area contributed by atoms with Crippen molar-refractivity contribution in [2.75, 3.05) is 5.73 Å². The van der Waals surface area contributed by atoms with E-state index in [2.05, 4.69) is 27.7 Å². The summed E-state index contributed by atoms with van der Waals surface area (Å²) >= 11 is 2.22. The van der Waals surface area contributed by atoms with Crippen molar-refractivity contribution >= 4 is 28.5 Å². The van der Waals surface area contributed by atoms with E-state index in [4.69, 9.17) is 10.3 Å². The monoisotopic (exact) mass is 380 g/mol. The van der Waals surface area contributed by atoms with Crippen LogP contribution in [0.25, 0.3) is 22.4 Å². The zero-order chi connectivity index (χ0) is 14.1. The molecule has 20 heavy (non-hydrogen) atoms. The van der Waals surface area contributed by atoms with Crippen molar-refractivity contribution in [2.45, 2.75) is 0 Å². The molecule has 0 atom stereocenters. The van der Waals surface area contributed by atoms with Gasteiger partial charge >= 0.3 is 0 Å². The van der Waals surface area contributed by atoms with Crippen molar-refractivity contribution in [1.82, 2.24) is 5.16 Å². The first-order valence-corrected chi connectivity index (χ1v) is 7.00. The van der Waals surface area contributed by atoms with Gasteiger partial charge in [-0.1, -0.05) is 35.5 Å². The number of nitrogen functional groups attached to an aromatic ring is 1. The van der Waals surface area contributed by atoms with Crippen LogP contribution in [-0.4, -0.2) is 5.16 Å². The molecule has 100 valence electrons. The zero-order valence-electron chi connectivity index (χ0n) is 10.3. The molecule has 3 nitrogen and oxygen atoms in total. The van der Waals surface area contributed by atoms with Crippen molar-refractivity contribution in [3.8, 4) is 22.4 Å². The molecule has 0 aliphatic carbocycles. The molecule has 0 radical (unpaired) electrons. The molecule has 0 amide bonds. The second-order valence-electron chi connectivity index (χ2n) is 4.26. The van der Waals surface area contributed by atoms with E-state index >= 15 is 0 Å². The molecule has 1 aromatic heterocycles. The molecule has 5 heteroatoms. The van der Waals surface area contributed by atoms with Crippen molar-refractivity contribution in [3.05, 3.63) is 57.9 Å². The largest absolute Gasteiger partial charge is 0.367 e. The van der Waals surface area contributed by atoms with E-state index in [0.717, 1.165) is 9.13 Å². The fourth-order valence-corrected chi connectivity index (χ4v) is 2.39. The van der Waals surface area contributed by atoms with Gasteiger partial charge in [0.15, 0.2) is 0 Å². The first kappa shape index (κ1) is 13.1. The Morgan fingerprint density at radius 2 is 1.75 bits per heavy atom. The van der Waals surface area contributed by atoms with Crippen LogP contribution in [0.4, 0.5) is 10.3 Å². The van der Waals surface area contributed by atoms with Crippen molar-refractivity contribution in [2.24, 2.45) is 0 Å². The van der Waals surface area contributed by atoms with Crippen LogP contribution in [0.15, 0.2) is 53.1 Å². The van der Waals surface area contributed by atoms with Gasteiger partial charge in [0.2, 0.25) is 5.88 Å². The molecule has 2 N–H and O–H groups in total. The first-order chi connectivity index (χ1) is 9.66. The summed E-state index contributed by atoms with van der Waals surface area (Å²) in [5, 5.41) is 3.96. The van der Waals surface area contributed by atoms with Gasteiger partial charge in [0, 0.05) is 14.7 Å². The minimum absolute atomic E-state index is 0.114. The molecule has 3 aromatic rings. The maximum atomic E-state index is 14.0. The van der Waals surface area contributed by atoms with E-state index in [1.54, 1.807) is 18.2 Å². The van der Waals surface area contributed by atoms with E-state index in [1.807, 2.05) is 24.3 Å². The van der Waals surface area contributed by atoms with Crippen LogP contribution in [0, 0.1) is 9.39 Å². The predicted octanol–water partition coefficient (Wildman–Crippen LogP) is 4.33. The van der Waals surface area contributed by atoms with E-state index in [1.165, 1.54) is 6.07 Å². The van der Waals surface area contributed by atoms with Crippen LogP contribution < -0.4 is 5.73 Å². The lowest BCUT2D eigenvalue weighted by molar-refractivity contribution is 0.439. The molecule has 0 saturated carbocycles.